The van der Waals surface area contributed by atoms with E-state index in [1.54, 1.807) is 31.2 Å². The standard InChI is InChI=1S/C19H14FN3O3/c1-11-6-7-12(8-14(11)20)22-16(24)9-23-10-21-17-13-4-2-3-5-15(13)26-18(17)19(23)25/h2-8,10H,9H2,1H3,(H,22,24). The van der Waals surface area contributed by atoms with Gasteiger partial charge in [-0.05, 0) is 36.8 Å². The minimum Gasteiger partial charge on any atom is -0.448 e. The highest BCUT2D eigenvalue weighted by Crippen LogP contribution is 2.24. The molecule has 4 rings (SSSR count). The second-order valence-electron chi connectivity index (χ2n) is 5.97. The molecule has 6 nitrogen and oxygen atoms in total. The number of nitrogens with zero attached hydrogens (tertiary/aromatic N) is 2. The van der Waals surface area contributed by atoms with Crippen LogP contribution in [0.4, 0.5) is 10.1 Å². The maximum Gasteiger partial charge on any atom is 0.297 e. The molecule has 130 valence electrons. The fourth-order valence-corrected chi connectivity index (χ4v) is 2.75. The molecule has 0 radical (unpaired) electrons. The molecule has 0 aliphatic carbocycles. The lowest BCUT2D eigenvalue weighted by Gasteiger charge is -2.07. The summed E-state index contributed by atoms with van der Waals surface area (Å²) in [6.07, 6.45) is 1.31. The van der Waals surface area contributed by atoms with E-state index in [0.717, 1.165) is 9.95 Å². The lowest BCUT2D eigenvalue weighted by Crippen LogP contribution is -2.27. The number of para-hydroxylation sites is 1. The first-order chi connectivity index (χ1) is 12.5. The number of hydrogen-bond acceptors (Lipinski definition) is 4. The van der Waals surface area contributed by atoms with Crippen LogP contribution in [0.3, 0.4) is 0 Å². The summed E-state index contributed by atoms with van der Waals surface area (Å²) in [5, 5.41) is 3.31. The molecule has 0 aliphatic heterocycles. The van der Waals surface area contributed by atoms with Crippen molar-refractivity contribution >= 4 is 33.7 Å². The van der Waals surface area contributed by atoms with Crippen molar-refractivity contribution in [1.82, 2.24) is 9.55 Å². The first-order valence-corrected chi connectivity index (χ1v) is 7.95. The van der Waals surface area contributed by atoms with Gasteiger partial charge >= 0.3 is 0 Å². The summed E-state index contributed by atoms with van der Waals surface area (Å²) < 4.78 is 20.3. The molecule has 26 heavy (non-hydrogen) atoms. The van der Waals surface area contributed by atoms with E-state index in [4.69, 9.17) is 4.42 Å². The van der Waals surface area contributed by atoms with E-state index in [-0.39, 0.29) is 12.1 Å². The molecule has 0 fully saturated rings. The van der Waals surface area contributed by atoms with Gasteiger partial charge in [-0.3, -0.25) is 14.2 Å². The number of carbonyl (C=O) groups excluding carboxylic acids is 1. The topological polar surface area (TPSA) is 77.1 Å². The van der Waals surface area contributed by atoms with Crippen molar-refractivity contribution in [2.45, 2.75) is 13.5 Å². The quantitative estimate of drug-likeness (QED) is 0.615. The Hall–Kier alpha value is -3.48. The predicted molar refractivity (Wildman–Crippen MR) is 95.5 cm³/mol. The zero-order valence-corrected chi connectivity index (χ0v) is 13.8. The van der Waals surface area contributed by atoms with Crippen LogP contribution < -0.4 is 10.9 Å². The Balaban J connectivity index is 1.63. The number of fused-ring (bicyclic) bond motifs is 3. The van der Waals surface area contributed by atoms with Crippen LogP contribution in [0.5, 0.6) is 0 Å². The average molecular weight is 351 g/mol. The fourth-order valence-electron chi connectivity index (χ4n) is 2.75. The van der Waals surface area contributed by atoms with Crippen LogP contribution in [0.2, 0.25) is 0 Å². The maximum atomic E-state index is 13.6. The van der Waals surface area contributed by atoms with Crippen molar-refractivity contribution < 1.29 is 13.6 Å². The summed E-state index contributed by atoms with van der Waals surface area (Å²) in [6.45, 7) is 1.38. The molecule has 1 amide bonds. The van der Waals surface area contributed by atoms with Crippen LogP contribution in [0.1, 0.15) is 5.56 Å². The van der Waals surface area contributed by atoms with Gasteiger partial charge < -0.3 is 9.73 Å². The SMILES string of the molecule is Cc1ccc(NC(=O)Cn2cnc3c(oc4ccccc43)c2=O)cc1F. The number of anilines is 1. The first-order valence-electron chi connectivity index (χ1n) is 7.95. The lowest BCUT2D eigenvalue weighted by molar-refractivity contribution is -0.116. The van der Waals surface area contributed by atoms with E-state index >= 15 is 0 Å². The molecule has 0 saturated heterocycles. The van der Waals surface area contributed by atoms with Gasteiger partial charge in [-0.1, -0.05) is 18.2 Å². The third-order valence-corrected chi connectivity index (χ3v) is 4.12. The van der Waals surface area contributed by atoms with Gasteiger partial charge in [-0.2, -0.15) is 0 Å². The smallest absolute Gasteiger partial charge is 0.297 e. The second kappa shape index (κ2) is 6.11. The lowest BCUT2D eigenvalue weighted by atomic mass is 10.2. The molecule has 1 N–H and O–H groups in total. The number of nitrogens with one attached hydrogen (secondary N) is 1. The van der Waals surface area contributed by atoms with Crippen LogP contribution >= 0.6 is 0 Å². The number of carbonyl (C=O) groups is 1. The summed E-state index contributed by atoms with van der Waals surface area (Å²) in [4.78, 5) is 29.0. The number of rotatable bonds is 3. The molecule has 0 saturated carbocycles. The highest BCUT2D eigenvalue weighted by atomic mass is 19.1. The minimum atomic E-state index is -0.465. The minimum absolute atomic E-state index is 0.0999. The molecule has 0 aliphatic rings. The monoisotopic (exact) mass is 351 g/mol. The van der Waals surface area contributed by atoms with Gasteiger partial charge in [-0.15, -0.1) is 0 Å². The Bertz CT molecular complexity index is 1210. The first kappa shape index (κ1) is 16.0. The molecule has 2 aromatic heterocycles. The summed E-state index contributed by atoms with van der Waals surface area (Å²) in [7, 11) is 0. The number of amides is 1. The van der Waals surface area contributed by atoms with Crippen LogP contribution in [0, 0.1) is 12.7 Å². The average Bonchev–Trinajstić information content (AvgIpc) is 3.00. The van der Waals surface area contributed by atoms with Gasteiger partial charge in [0.2, 0.25) is 11.5 Å². The Morgan fingerprint density at radius 3 is 2.88 bits per heavy atom. The summed E-state index contributed by atoms with van der Waals surface area (Å²) in [6, 6.07) is 11.6. The van der Waals surface area contributed by atoms with Crippen molar-refractivity contribution in [2.75, 3.05) is 5.32 Å². The third kappa shape index (κ3) is 2.73. The second-order valence-corrected chi connectivity index (χ2v) is 5.97. The van der Waals surface area contributed by atoms with Crippen molar-refractivity contribution in [3.63, 3.8) is 0 Å². The Morgan fingerprint density at radius 1 is 1.27 bits per heavy atom. The molecule has 0 spiro atoms. The molecular weight excluding hydrogens is 337 g/mol. The van der Waals surface area contributed by atoms with Crippen molar-refractivity contribution in [3.05, 3.63) is 70.5 Å². The van der Waals surface area contributed by atoms with Crippen LogP contribution in [-0.2, 0) is 11.3 Å². The third-order valence-electron chi connectivity index (χ3n) is 4.12. The highest BCUT2D eigenvalue weighted by Gasteiger charge is 2.14. The molecule has 0 atom stereocenters. The Kier molecular flexibility index (Phi) is 3.76. The van der Waals surface area contributed by atoms with Crippen molar-refractivity contribution in [2.24, 2.45) is 0 Å². The number of aryl methyl sites for hydroxylation is 1. The van der Waals surface area contributed by atoms with Crippen molar-refractivity contribution in [1.29, 1.82) is 0 Å². The van der Waals surface area contributed by atoms with Gasteiger partial charge in [0.25, 0.3) is 5.56 Å². The summed E-state index contributed by atoms with van der Waals surface area (Å²) in [5.74, 6) is -0.877. The number of furan rings is 1. The molecule has 4 aromatic rings. The molecular formula is C19H14FN3O3. The van der Waals surface area contributed by atoms with E-state index in [1.165, 1.54) is 12.4 Å². The van der Waals surface area contributed by atoms with Crippen LogP contribution in [0.15, 0.2) is 58.0 Å². The van der Waals surface area contributed by atoms with Gasteiger partial charge in [-0.25, -0.2) is 9.37 Å². The molecule has 2 heterocycles. The van der Waals surface area contributed by atoms with E-state index in [1.807, 2.05) is 12.1 Å². The zero-order chi connectivity index (χ0) is 18.3. The normalized spacial score (nSPS) is 11.2. The van der Waals surface area contributed by atoms with E-state index in [0.29, 0.717) is 22.4 Å². The van der Waals surface area contributed by atoms with E-state index in [9.17, 15) is 14.0 Å². The Labute approximate surface area is 146 Å². The van der Waals surface area contributed by atoms with Gasteiger partial charge in [0.1, 0.15) is 23.5 Å². The summed E-state index contributed by atoms with van der Waals surface area (Å²) >= 11 is 0. The largest absolute Gasteiger partial charge is 0.448 e. The molecule has 2 aromatic carbocycles. The van der Waals surface area contributed by atoms with Crippen molar-refractivity contribution in [3.8, 4) is 0 Å². The van der Waals surface area contributed by atoms with Gasteiger partial charge in [0.05, 0.1) is 6.33 Å². The fraction of sp³-hybridized carbons (Fsp3) is 0.105. The van der Waals surface area contributed by atoms with Gasteiger partial charge in [0, 0.05) is 11.1 Å². The summed E-state index contributed by atoms with van der Waals surface area (Å²) in [5.41, 5.74) is 1.48. The molecule has 0 unspecified atom stereocenters. The van der Waals surface area contributed by atoms with Gasteiger partial charge in [0.15, 0.2) is 0 Å². The number of benzene rings is 2. The molecule has 0 bridgehead atoms. The van der Waals surface area contributed by atoms with Crippen LogP contribution in [-0.4, -0.2) is 15.5 Å². The van der Waals surface area contributed by atoms with E-state index < -0.39 is 17.3 Å². The Morgan fingerprint density at radius 2 is 2.08 bits per heavy atom. The zero-order valence-electron chi connectivity index (χ0n) is 13.8. The number of hydrogen-bond donors (Lipinski definition) is 1. The number of halogens is 1. The predicted octanol–water partition coefficient (Wildman–Crippen LogP) is 3.23. The maximum absolute atomic E-state index is 13.6. The highest BCUT2D eigenvalue weighted by molar-refractivity contribution is 6.01. The number of aromatic nitrogens is 2. The van der Waals surface area contributed by atoms with Crippen LogP contribution in [0.25, 0.3) is 22.1 Å². The van der Waals surface area contributed by atoms with E-state index in [2.05, 4.69) is 10.3 Å². The molecule has 7 heteroatoms.